The molecule has 1 aliphatic rings. The van der Waals surface area contributed by atoms with Gasteiger partial charge in [-0.2, -0.15) is 0 Å². The van der Waals surface area contributed by atoms with E-state index < -0.39 is 17.8 Å². The third-order valence-electron chi connectivity index (χ3n) is 5.34. The molecule has 0 saturated heterocycles. The Labute approximate surface area is 209 Å². The molecule has 1 aliphatic carbocycles. The number of nitrogens with one attached hydrogen (secondary N) is 2. The van der Waals surface area contributed by atoms with Gasteiger partial charge in [0.2, 0.25) is 0 Å². The number of amides is 2. The fraction of sp³-hybridized carbons (Fsp3) is 0.296. The number of benzene rings is 2. The van der Waals surface area contributed by atoms with E-state index in [9.17, 15) is 9.59 Å². The van der Waals surface area contributed by atoms with Crippen molar-refractivity contribution in [2.45, 2.75) is 38.7 Å². The van der Waals surface area contributed by atoms with Gasteiger partial charge in [-0.1, -0.05) is 65.9 Å². The molecule has 0 unspecified atom stereocenters. The second kappa shape index (κ2) is 10.7. The maximum atomic E-state index is 12.2. The van der Waals surface area contributed by atoms with Crippen LogP contribution >= 0.6 is 11.3 Å². The average Bonchev–Trinajstić information content (AvgIpc) is 3.38. The molecule has 7 nitrogen and oxygen atoms in total. The topological polar surface area (TPSA) is 89.5 Å². The van der Waals surface area contributed by atoms with Crippen LogP contribution in [-0.4, -0.2) is 35.9 Å². The van der Waals surface area contributed by atoms with Gasteiger partial charge < -0.3 is 14.8 Å². The Balaban J connectivity index is 1.20. The van der Waals surface area contributed by atoms with Crippen molar-refractivity contribution in [3.8, 4) is 11.1 Å². The summed E-state index contributed by atoms with van der Waals surface area (Å²) in [6, 6.07) is 16.5. The van der Waals surface area contributed by atoms with Crippen LogP contribution in [-0.2, 0) is 9.47 Å². The minimum atomic E-state index is -0.565. The van der Waals surface area contributed by atoms with Crippen molar-refractivity contribution < 1.29 is 19.1 Å². The van der Waals surface area contributed by atoms with Crippen LogP contribution in [0.2, 0.25) is 0 Å². The molecule has 182 valence electrons. The number of thiazole rings is 1. The molecular weight excluding hydrogens is 462 g/mol. The first-order chi connectivity index (χ1) is 16.8. The molecule has 0 atom stereocenters. The Bertz CT molecular complexity index is 1180. The molecule has 0 bridgehead atoms. The first-order valence-electron chi connectivity index (χ1n) is 11.5. The summed E-state index contributed by atoms with van der Waals surface area (Å²) in [4.78, 5) is 29.1. The minimum absolute atomic E-state index is 0.0443. The van der Waals surface area contributed by atoms with Gasteiger partial charge in [-0.05, 0) is 55.5 Å². The normalized spacial score (nSPS) is 12.8. The second-order valence-corrected chi connectivity index (χ2v) is 10.2. The van der Waals surface area contributed by atoms with Crippen LogP contribution < -0.4 is 10.6 Å². The highest BCUT2D eigenvalue weighted by atomic mass is 32.1. The molecule has 0 fully saturated rings. The Kier molecular flexibility index (Phi) is 7.51. The lowest BCUT2D eigenvalue weighted by Crippen LogP contribution is -2.27. The lowest BCUT2D eigenvalue weighted by molar-refractivity contribution is 0.0636. The van der Waals surface area contributed by atoms with Crippen molar-refractivity contribution in [2.24, 2.45) is 0 Å². The smallest absolute Gasteiger partial charge is 0.413 e. The number of hydrogen-bond donors (Lipinski definition) is 2. The van der Waals surface area contributed by atoms with Gasteiger partial charge in [0.25, 0.3) is 0 Å². The van der Waals surface area contributed by atoms with E-state index >= 15 is 0 Å². The van der Waals surface area contributed by atoms with E-state index in [0.29, 0.717) is 24.7 Å². The van der Waals surface area contributed by atoms with Gasteiger partial charge in [0.1, 0.15) is 12.2 Å². The third kappa shape index (κ3) is 6.48. The highest BCUT2D eigenvalue weighted by Gasteiger charge is 2.28. The van der Waals surface area contributed by atoms with E-state index in [1.807, 2.05) is 36.4 Å². The van der Waals surface area contributed by atoms with E-state index in [1.165, 1.54) is 33.6 Å². The summed E-state index contributed by atoms with van der Waals surface area (Å²) in [5, 5.41) is 5.89. The lowest BCUT2D eigenvalue weighted by Gasteiger charge is -2.18. The molecule has 1 aromatic heterocycles. The number of nitrogens with zero attached hydrogens (tertiary/aromatic N) is 1. The fourth-order valence-electron chi connectivity index (χ4n) is 3.92. The van der Waals surface area contributed by atoms with Crippen molar-refractivity contribution >= 4 is 34.7 Å². The van der Waals surface area contributed by atoms with Crippen LogP contribution in [0.15, 0.2) is 60.8 Å². The highest BCUT2D eigenvalue weighted by molar-refractivity contribution is 7.16. The first-order valence-corrected chi connectivity index (χ1v) is 12.3. The van der Waals surface area contributed by atoms with Crippen molar-refractivity contribution in [1.29, 1.82) is 0 Å². The van der Waals surface area contributed by atoms with Gasteiger partial charge in [-0.3, -0.25) is 5.32 Å². The Morgan fingerprint density at radius 3 is 2.34 bits per heavy atom. The van der Waals surface area contributed by atoms with Crippen LogP contribution in [0.1, 0.15) is 49.1 Å². The lowest BCUT2D eigenvalue weighted by atomic mass is 9.98. The molecule has 0 spiro atoms. The summed E-state index contributed by atoms with van der Waals surface area (Å²) < 4.78 is 10.8. The Morgan fingerprint density at radius 1 is 1.03 bits per heavy atom. The molecule has 3 aromatic rings. The summed E-state index contributed by atoms with van der Waals surface area (Å²) in [6.45, 7) is 6.16. The number of rotatable bonds is 7. The van der Waals surface area contributed by atoms with Gasteiger partial charge in [0, 0.05) is 23.5 Å². The van der Waals surface area contributed by atoms with Crippen molar-refractivity contribution in [3.05, 3.63) is 76.8 Å². The molecular formula is C27H29N3O4S. The number of hydrogen-bond acceptors (Lipinski definition) is 6. The zero-order chi connectivity index (χ0) is 24.8. The molecule has 0 aliphatic heterocycles. The number of anilines is 1. The third-order valence-corrected chi connectivity index (χ3v) is 6.22. The molecule has 2 aromatic carbocycles. The molecule has 2 amide bonds. The quantitative estimate of drug-likeness (QED) is 0.372. The standard InChI is InChI=1S/C27H29N3O4S/c1-27(2,3)34-26(32)30-24-29-16-18(35-24)10-8-9-15-28-25(31)33-17-23-21-13-6-4-11-19(21)20-12-5-7-14-22(20)23/h4-8,10-14,16,23H,9,15,17H2,1-3H3,(H,28,31)(H,29,30,32). The van der Waals surface area contributed by atoms with E-state index in [4.69, 9.17) is 9.47 Å². The van der Waals surface area contributed by atoms with Crippen LogP contribution in [0.3, 0.4) is 0 Å². The minimum Gasteiger partial charge on any atom is -0.449 e. The number of carbonyl (C=O) groups excluding carboxylic acids is 2. The Hall–Kier alpha value is -3.65. The van der Waals surface area contributed by atoms with E-state index in [-0.39, 0.29) is 5.92 Å². The highest BCUT2D eigenvalue weighted by Crippen LogP contribution is 2.44. The monoisotopic (exact) mass is 491 g/mol. The number of alkyl carbamates (subject to hydrolysis) is 1. The molecule has 35 heavy (non-hydrogen) atoms. The zero-order valence-corrected chi connectivity index (χ0v) is 20.9. The van der Waals surface area contributed by atoms with E-state index in [2.05, 4.69) is 39.9 Å². The maximum Gasteiger partial charge on any atom is 0.413 e. The summed E-state index contributed by atoms with van der Waals surface area (Å²) in [7, 11) is 0. The predicted molar refractivity (Wildman–Crippen MR) is 139 cm³/mol. The molecule has 4 rings (SSSR count). The maximum absolute atomic E-state index is 12.2. The molecule has 8 heteroatoms. The number of fused-ring (bicyclic) bond motifs is 3. The summed E-state index contributed by atoms with van der Waals surface area (Å²) in [5.74, 6) is 0.0443. The van der Waals surface area contributed by atoms with Crippen molar-refractivity contribution in [2.75, 3.05) is 18.5 Å². The SMILES string of the molecule is CC(C)(C)OC(=O)Nc1ncc(C=CCCNC(=O)OCC2c3ccccc3-c3ccccc32)s1. The predicted octanol–water partition coefficient (Wildman–Crippen LogP) is 6.43. The van der Waals surface area contributed by atoms with Gasteiger partial charge >= 0.3 is 12.2 Å². The molecule has 0 radical (unpaired) electrons. The fourth-order valence-corrected chi connectivity index (χ4v) is 4.65. The van der Waals surface area contributed by atoms with Gasteiger partial charge in [0.15, 0.2) is 5.13 Å². The number of aromatic nitrogens is 1. The second-order valence-electron chi connectivity index (χ2n) is 9.14. The van der Waals surface area contributed by atoms with Crippen LogP contribution in [0, 0.1) is 0 Å². The largest absolute Gasteiger partial charge is 0.449 e. The van der Waals surface area contributed by atoms with E-state index in [1.54, 1.807) is 27.0 Å². The molecule has 0 saturated carbocycles. The molecule has 2 N–H and O–H groups in total. The van der Waals surface area contributed by atoms with E-state index in [0.717, 1.165) is 4.88 Å². The average molecular weight is 492 g/mol. The van der Waals surface area contributed by atoms with Gasteiger partial charge in [-0.25, -0.2) is 14.6 Å². The summed E-state index contributed by atoms with van der Waals surface area (Å²) in [5.41, 5.74) is 4.22. The van der Waals surface area contributed by atoms with Crippen LogP contribution in [0.25, 0.3) is 17.2 Å². The number of carbonyl (C=O) groups is 2. The summed E-state index contributed by atoms with van der Waals surface area (Å²) >= 11 is 1.34. The number of ether oxygens (including phenoxy) is 2. The summed E-state index contributed by atoms with van der Waals surface area (Å²) in [6.07, 6.45) is 5.19. The van der Waals surface area contributed by atoms with Crippen LogP contribution in [0.4, 0.5) is 14.7 Å². The van der Waals surface area contributed by atoms with Crippen molar-refractivity contribution in [1.82, 2.24) is 10.3 Å². The van der Waals surface area contributed by atoms with Crippen molar-refractivity contribution in [3.63, 3.8) is 0 Å². The van der Waals surface area contributed by atoms with Gasteiger partial charge in [-0.15, -0.1) is 0 Å². The Morgan fingerprint density at radius 2 is 1.69 bits per heavy atom. The molecule has 1 heterocycles. The van der Waals surface area contributed by atoms with Crippen LogP contribution in [0.5, 0.6) is 0 Å². The van der Waals surface area contributed by atoms with Gasteiger partial charge in [0.05, 0.1) is 0 Å². The first kappa shape index (κ1) is 24.5. The zero-order valence-electron chi connectivity index (χ0n) is 20.0.